The van der Waals surface area contributed by atoms with E-state index in [2.05, 4.69) is 10.1 Å². The Hall–Kier alpha value is -4.53. The van der Waals surface area contributed by atoms with Crippen LogP contribution in [0.2, 0.25) is 0 Å². The van der Waals surface area contributed by atoms with Gasteiger partial charge < -0.3 is 9.47 Å². The number of pyridine rings is 1. The van der Waals surface area contributed by atoms with Gasteiger partial charge in [-0.2, -0.15) is 10.1 Å². The lowest BCUT2D eigenvalue weighted by molar-refractivity contribution is -0.385. The summed E-state index contributed by atoms with van der Waals surface area (Å²) in [5.41, 5.74) is 2.36. The lowest BCUT2D eigenvalue weighted by atomic mass is 10.1. The van der Waals surface area contributed by atoms with Gasteiger partial charge >= 0.3 is 0 Å². The molecule has 2 heterocycles. The maximum atomic E-state index is 12.9. The van der Waals surface area contributed by atoms with Gasteiger partial charge in [0.25, 0.3) is 11.6 Å². The van der Waals surface area contributed by atoms with Gasteiger partial charge in [0.2, 0.25) is 5.88 Å². The lowest BCUT2D eigenvalue weighted by Crippen LogP contribution is -2.21. The zero-order valence-electron chi connectivity index (χ0n) is 17.3. The van der Waals surface area contributed by atoms with Crippen molar-refractivity contribution in [2.45, 2.75) is 6.92 Å². The second-order valence-electron chi connectivity index (χ2n) is 6.82. The third kappa shape index (κ3) is 4.17. The number of anilines is 1. The lowest BCUT2D eigenvalue weighted by Gasteiger charge is -2.12. The van der Waals surface area contributed by atoms with Crippen LogP contribution in [0.4, 0.5) is 11.4 Å². The number of aromatic nitrogens is 1. The fourth-order valence-corrected chi connectivity index (χ4v) is 3.11. The van der Waals surface area contributed by atoms with E-state index in [1.54, 1.807) is 31.2 Å². The highest BCUT2D eigenvalue weighted by atomic mass is 16.6. The number of hydrogen-bond acceptors (Lipinski definition) is 7. The van der Waals surface area contributed by atoms with Crippen LogP contribution in [-0.4, -0.2) is 28.6 Å². The second kappa shape index (κ2) is 8.68. The molecule has 9 nitrogen and oxygen atoms in total. The van der Waals surface area contributed by atoms with Crippen molar-refractivity contribution < 1.29 is 19.2 Å². The molecule has 1 aromatic heterocycles. The molecule has 0 spiro atoms. The van der Waals surface area contributed by atoms with Gasteiger partial charge in [-0.15, -0.1) is 0 Å². The number of hydrazone groups is 1. The van der Waals surface area contributed by atoms with E-state index in [0.717, 1.165) is 11.8 Å². The van der Waals surface area contributed by atoms with Gasteiger partial charge in [-0.25, -0.2) is 4.98 Å². The number of nitrogens with zero attached hydrogens (tertiary/aromatic N) is 4. The van der Waals surface area contributed by atoms with Crippen molar-refractivity contribution in [3.8, 4) is 17.4 Å². The molecule has 0 fully saturated rings. The smallest absolute Gasteiger partial charge is 0.287 e. The molecule has 0 saturated carbocycles. The highest BCUT2D eigenvalue weighted by Gasteiger charge is 2.28. The molecule has 0 saturated heterocycles. The van der Waals surface area contributed by atoms with E-state index in [4.69, 9.17) is 9.47 Å². The van der Waals surface area contributed by atoms with Crippen LogP contribution in [0.5, 0.6) is 17.4 Å². The molecular weight excluding hydrogens is 412 g/mol. The van der Waals surface area contributed by atoms with Crippen LogP contribution in [0, 0.1) is 10.1 Å². The fraction of sp³-hybridized carbons (Fsp3) is 0.0870. The number of nitro groups is 1. The van der Waals surface area contributed by atoms with Crippen LogP contribution in [0.3, 0.4) is 0 Å². The van der Waals surface area contributed by atoms with E-state index in [9.17, 15) is 14.9 Å². The van der Waals surface area contributed by atoms with Gasteiger partial charge in [-0.3, -0.25) is 14.9 Å². The van der Waals surface area contributed by atoms with Crippen molar-refractivity contribution in [3.05, 3.63) is 88.1 Å². The Balaban J connectivity index is 1.57. The first kappa shape index (κ1) is 20.7. The maximum Gasteiger partial charge on any atom is 0.287 e. The Morgan fingerprint density at radius 1 is 1.06 bits per heavy atom. The van der Waals surface area contributed by atoms with E-state index in [1.807, 2.05) is 30.3 Å². The van der Waals surface area contributed by atoms with Crippen molar-refractivity contribution in [3.63, 3.8) is 0 Å². The van der Waals surface area contributed by atoms with Crippen molar-refractivity contribution in [2.24, 2.45) is 5.10 Å². The second-order valence-corrected chi connectivity index (χ2v) is 6.82. The van der Waals surface area contributed by atoms with Crippen molar-refractivity contribution in [2.75, 3.05) is 12.1 Å². The Bertz CT molecular complexity index is 1240. The molecule has 4 rings (SSSR count). The molecule has 9 heteroatoms. The van der Waals surface area contributed by atoms with E-state index < -0.39 is 4.92 Å². The largest absolute Gasteiger partial charge is 0.493 e. The van der Waals surface area contributed by atoms with Crippen LogP contribution in [0.1, 0.15) is 12.5 Å². The van der Waals surface area contributed by atoms with Crippen LogP contribution >= 0.6 is 0 Å². The number of carbonyl (C=O) groups excluding carboxylic acids is 1. The number of rotatable bonds is 6. The highest BCUT2D eigenvalue weighted by molar-refractivity contribution is 6.32. The minimum absolute atomic E-state index is 0.130. The normalized spacial score (nSPS) is 14.4. The van der Waals surface area contributed by atoms with Crippen molar-refractivity contribution in [1.82, 2.24) is 4.98 Å². The molecule has 0 N–H and O–H groups in total. The Kier molecular flexibility index (Phi) is 5.63. The molecule has 0 radical (unpaired) electrons. The average Bonchev–Trinajstić information content (AvgIpc) is 3.09. The van der Waals surface area contributed by atoms with Crippen LogP contribution in [-0.2, 0) is 4.79 Å². The van der Waals surface area contributed by atoms with Gasteiger partial charge in [-0.05, 0) is 42.8 Å². The van der Waals surface area contributed by atoms with Crippen LogP contribution in [0.25, 0.3) is 6.08 Å². The summed E-state index contributed by atoms with van der Waals surface area (Å²) in [6, 6.07) is 17.1. The first-order chi connectivity index (χ1) is 15.5. The van der Waals surface area contributed by atoms with Gasteiger partial charge in [0.1, 0.15) is 6.20 Å². The van der Waals surface area contributed by atoms with Gasteiger partial charge in [0, 0.05) is 12.1 Å². The van der Waals surface area contributed by atoms with Crippen molar-refractivity contribution in [1.29, 1.82) is 0 Å². The highest BCUT2D eigenvalue weighted by Crippen LogP contribution is 2.33. The Morgan fingerprint density at radius 2 is 1.84 bits per heavy atom. The van der Waals surface area contributed by atoms with Crippen LogP contribution < -0.4 is 14.5 Å². The fourth-order valence-electron chi connectivity index (χ4n) is 3.11. The number of methoxy groups -OCH3 is 1. The average molecular weight is 430 g/mol. The van der Waals surface area contributed by atoms with Crippen LogP contribution in [0.15, 0.2) is 77.5 Å². The molecule has 2 aromatic carbocycles. The summed E-state index contributed by atoms with van der Waals surface area (Å²) in [7, 11) is 1.49. The zero-order chi connectivity index (χ0) is 22.7. The predicted octanol–water partition coefficient (Wildman–Crippen LogP) is 4.60. The monoisotopic (exact) mass is 430 g/mol. The summed E-state index contributed by atoms with van der Waals surface area (Å²) in [5.74, 6) is 0.764. The number of amides is 1. The standard InChI is InChI=1S/C23H18N4O5/c1-15-19(23(28)26(25-15)17-6-4-3-5-7-17)12-16-8-10-20(21(13-16)31-2)32-22-11-9-18(14-24-22)27(29)30/h3-14H,1-2H3/b19-12+. The minimum Gasteiger partial charge on any atom is -0.493 e. The molecule has 0 aliphatic carbocycles. The van der Waals surface area contributed by atoms with Gasteiger partial charge in [-0.1, -0.05) is 24.3 Å². The number of carbonyl (C=O) groups is 1. The third-order valence-electron chi connectivity index (χ3n) is 4.71. The molecular formula is C23H18N4O5. The summed E-state index contributed by atoms with van der Waals surface area (Å²) in [6.45, 7) is 1.78. The number of hydrogen-bond donors (Lipinski definition) is 0. The Labute approximate surface area is 183 Å². The topological polar surface area (TPSA) is 107 Å². The molecule has 32 heavy (non-hydrogen) atoms. The first-order valence-electron chi connectivity index (χ1n) is 9.59. The molecule has 1 aliphatic rings. The first-order valence-corrected chi connectivity index (χ1v) is 9.59. The summed E-state index contributed by atoms with van der Waals surface area (Å²) < 4.78 is 11.1. The van der Waals surface area contributed by atoms with Crippen molar-refractivity contribution >= 4 is 29.1 Å². The number of ether oxygens (including phenoxy) is 2. The molecule has 1 aliphatic heterocycles. The molecule has 1 amide bonds. The van der Waals surface area contributed by atoms with Gasteiger partial charge in [0.15, 0.2) is 11.5 Å². The molecule has 0 atom stereocenters. The quantitative estimate of drug-likeness (QED) is 0.321. The maximum absolute atomic E-state index is 12.9. The Morgan fingerprint density at radius 3 is 2.50 bits per heavy atom. The van der Waals surface area contributed by atoms with E-state index in [0.29, 0.717) is 28.5 Å². The zero-order valence-corrected chi connectivity index (χ0v) is 17.3. The summed E-state index contributed by atoms with van der Waals surface area (Å²) >= 11 is 0. The summed E-state index contributed by atoms with van der Waals surface area (Å²) in [4.78, 5) is 27.1. The third-order valence-corrected chi connectivity index (χ3v) is 4.71. The predicted molar refractivity (Wildman–Crippen MR) is 119 cm³/mol. The van der Waals surface area contributed by atoms with Gasteiger partial charge in [0.05, 0.1) is 29.0 Å². The number of para-hydroxylation sites is 1. The molecule has 0 unspecified atom stereocenters. The minimum atomic E-state index is -0.534. The van der Waals surface area contributed by atoms with E-state index in [1.165, 1.54) is 24.3 Å². The summed E-state index contributed by atoms with van der Waals surface area (Å²) in [5, 5.41) is 16.5. The summed E-state index contributed by atoms with van der Waals surface area (Å²) in [6.07, 6.45) is 2.85. The molecule has 3 aromatic rings. The van der Waals surface area contributed by atoms with E-state index in [-0.39, 0.29) is 17.5 Å². The number of benzene rings is 2. The molecule has 160 valence electrons. The van der Waals surface area contributed by atoms with E-state index >= 15 is 0 Å². The molecule has 0 bridgehead atoms. The SMILES string of the molecule is COc1cc(/C=C2/C(=O)N(c3ccccc3)N=C2C)ccc1Oc1ccc([N+](=O)[O-])cn1.